The molecule has 0 unspecified atom stereocenters. The molecule has 0 bridgehead atoms. The number of halogens is 3. The highest BCUT2D eigenvalue weighted by molar-refractivity contribution is 6.32. The summed E-state index contributed by atoms with van der Waals surface area (Å²) in [6, 6.07) is 16.7. The maximum atomic E-state index is 13.0. The smallest absolute Gasteiger partial charge is 0.266 e. The van der Waals surface area contributed by atoms with Crippen molar-refractivity contribution in [2.75, 3.05) is 23.8 Å². The Balaban J connectivity index is 1.76. The monoisotopic (exact) mass is 527 g/mol. The largest absolute Gasteiger partial charge is 0.490 e. The quantitative estimate of drug-likeness (QED) is 0.259. The van der Waals surface area contributed by atoms with Crippen molar-refractivity contribution in [1.82, 2.24) is 0 Å². The maximum Gasteiger partial charge on any atom is 0.266 e. The van der Waals surface area contributed by atoms with Crippen LogP contribution in [0.15, 0.2) is 66.2 Å². The number of hydrogen-bond acceptors (Lipinski definition) is 5. The first-order chi connectivity index (χ1) is 17.3. The molecule has 0 atom stereocenters. The summed E-state index contributed by atoms with van der Waals surface area (Å²) in [5.74, 6) is -1.21. The van der Waals surface area contributed by atoms with Crippen molar-refractivity contribution < 1.29 is 23.5 Å². The van der Waals surface area contributed by atoms with E-state index in [0.717, 1.165) is 0 Å². The van der Waals surface area contributed by atoms with Gasteiger partial charge in [0, 0.05) is 16.4 Å². The minimum absolute atomic E-state index is 0.106. The Morgan fingerprint density at radius 3 is 2.44 bits per heavy atom. The standard InChI is InChI=1S/C26H20Cl2FN3O4/c1-2-35-23-12-16(10-17(14-30)26(34)32-21-5-3-4-18(27)13-21)11-22(28)25(23)36-15-24(33)31-20-8-6-19(29)7-9-20/h3-13H,2,15H2,1H3,(H,31,33)(H,32,34)/b17-10-. The Bertz CT molecular complexity index is 1340. The SMILES string of the molecule is CCOc1cc(/C=C(/C#N)C(=O)Nc2cccc(Cl)c2)cc(Cl)c1OCC(=O)Nc1ccc(F)cc1. The van der Waals surface area contributed by atoms with Crippen LogP contribution >= 0.6 is 23.2 Å². The maximum absolute atomic E-state index is 13.0. The zero-order valence-corrected chi connectivity index (χ0v) is 20.5. The molecule has 0 aliphatic carbocycles. The van der Waals surface area contributed by atoms with Gasteiger partial charge < -0.3 is 20.1 Å². The van der Waals surface area contributed by atoms with Gasteiger partial charge in [0.1, 0.15) is 17.5 Å². The Morgan fingerprint density at radius 2 is 1.78 bits per heavy atom. The van der Waals surface area contributed by atoms with Crippen LogP contribution in [0.5, 0.6) is 11.5 Å². The molecule has 2 amide bonds. The van der Waals surface area contributed by atoms with Crippen molar-refractivity contribution >= 4 is 52.5 Å². The molecule has 0 saturated heterocycles. The lowest BCUT2D eigenvalue weighted by molar-refractivity contribution is -0.118. The first kappa shape index (κ1) is 26.5. The van der Waals surface area contributed by atoms with Crippen molar-refractivity contribution in [2.45, 2.75) is 6.92 Å². The molecule has 0 spiro atoms. The number of nitrogens with zero attached hydrogens (tertiary/aromatic N) is 1. The normalized spacial score (nSPS) is 10.8. The Hall–Kier alpha value is -4.06. The number of carbonyl (C=O) groups is 2. The highest BCUT2D eigenvalue weighted by Crippen LogP contribution is 2.37. The average molecular weight is 528 g/mol. The average Bonchev–Trinajstić information content (AvgIpc) is 2.83. The van der Waals surface area contributed by atoms with Crippen LogP contribution in [0.25, 0.3) is 6.08 Å². The summed E-state index contributed by atoms with van der Waals surface area (Å²) in [5, 5.41) is 15.2. The topological polar surface area (TPSA) is 100 Å². The van der Waals surface area contributed by atoms with Crippen LogP contribution in [0.1, 0.15) is 12.5 Å². The first-order valence-electron chi connectivity index (χ1n) is 10.6. The predicted octanol–water partition coefficient (Wildman–Crippen LogP) is 6.09. The summed E-state index contributed by atoms with van der Waals surface area (Å²) in [7, 11) is 0. The van der Waals surface area contributed by atoms with Gasteiger partial charge in [-0.3, -0.25) is 9.59 Å². The van der Waals surface area contributed by atoms with Crippen molar-refractivity contribution in [2.24, 2.45) is 0 Å². The molecule has 3 aromatic rings. The van der Waals surface area contributed by atoms with Crippen LogP contribution < -0.4 is 20.1 Å². The van der Waals surface area contributed by atoms with E-state index in [-0.39, 0.29) is 28.7 Å². The molecule has 0 radical (unpaired) electrons. The molecule has 0 fully saturated rings. The second-order valence-electron chi connectivity index (χ2n) is 7.24. The van der Waals surface area contributed by atoms with Crippen LogP contribution in [0.2, 0.25) is 10.0 Å². The van der Waals surface area contributed by atoms with Gasteiger partial charge in [0.05, 0.1) is 11.6 Å². The Kier molecular flexibility index (Phi) is 9.28. The van der Waals surface area contributed by atoms with Gasteiger partial charge in [-0.2, -0.15) is 5.26 Å². The molecule has 0 aromatic heterocycles. The molecule has 0 saturated carbocycles. The van der Waals surface area contributed by atoms with E-state index in [1.165, 1.54) is 42.5 Å². The molecule has 184 valence electrons. The van der Waals surface area contributed by atoms with E-state index in [0.29, 0.717) is 22.0 Å². The van der Waals surface area contributed by atoms with E-state index in [1.54, 1.807) is 31.2 Å². The van der Waals surface area contributed by atoms with Crippen LogP contribution in [-0.4, -0.2) is 25.0 Å². The molecule has 2 N–H and O–H groups in total. The fourth-order valence-corrected chi connectivity index (χ4v) is 3.49. The predicted molar refractivity (Wildman–Crippen MR) is 137 cm³/mol. The Morgan fingerprint density at radius 1 is 1.03 bits per heavy atom. The van der Waals surface area contributed by atoms with Gasteiger partial charge in [-0.15, -0.1) is 0 Å². The summed E-state index contributed by atoms with van der Waals surface area (Å²) in [5.41, 5.74) is 1.07. The number of nitriles is 1. The van der Waals surface area contributed by atoms with Crippen LogP contribution in [0.3, 0.4) is 0 Å². The molecular weight excluding hydrogens is 508 g/mol. The van der Waals surface area contributed by atoms with E-state index < -0.39 is 24.2 Å². The van der Waals surface area contributed by atoms with Crippen LogP contribution in [0.4, 0.5) is 15.8 Å². The number of ether oxygens (including phenoxy) is 2. The number of carbonyl (C=O) groups excluding carboxylic acids is 2. The van der Waals surface area contributed by atoms with Crippen molar-refractivity contribution in [3.63, 3.8) is 0 Å². The summed E-state index contributed by atoms with van der Waals surface area (Å²) in [6.45, 7) is 1.63. The van der Waals surface area contributed by atoms with Crippen LogP contribution in [-0.2, 0) is 9.59 Å². The summed E-state index contributed by atoms with van der Waals surface area (Å²) < 4.78 is 24.2. The van der Waals surface area contributed by atoms with Crippen molar-refractivity contribution in [3.05, 3.63) is 87.7 Å². The molecule has 0 heterocycles. The minimum Gasteiger partial charge on any atom is -0.490 e. The lowest BCUT2D eigenvalue weighted by Gasteiger charge is -2.14. The lowest BCUT2D eigenvalue weighted by Crippen LogP contribution is -2.20. The van der Waals surface area contributed by atoms with Gasteiger partial charge >= 0.3 is 0 Å². The molecule has 3 rings (SSSR count). The number of benzene rings is 3. The fraction of sp³-hybridized carbons (Fsp3) is 0.115. The third-order valence-electron chi connectivity index (χ3n) is 4.57. The third-order valence-corrected chi connectivity index (χ3v) is 5.08. The van der Waals surface area contributed by atoms with E-state index in [2.05, 4.69) is 10.6 Å². The summed E-state index contributed by atoms with van der Waals surface area (Å²) in [4.78, 5) is 24.8. The van der Waals surface area contributed by atoms with Gasteiger partial charge in [-0.25, -0.2) is 4.39 Å². The van der Waals surface area contributed by atoms with Gasteiger partial charge in [0.15, 0.2) is 18.1 Å². The highest BCUT2D eigenvalue weighted by atomic mass is 35.5. The highest BCUT2D eigenvalue weighted by Gasteiger charge is 2.16. The molecule has 10 heteroatoms. The second-order valence-corrected chi connectivity index (χ2v) is 8.08. The molecule has 3 aromatic carbocycles. The van der Waals surface area contributed by atoms with Crippen molar-refractivity contribution in [3.8, 4) is 17.6 Å². The fourth-order valence-electron chi connectivity index (χ4n) is 3.02. The number of rotatable bonds is 9. The van der Waals surface area contributed by atoms with Crippen molar-refractivity contribution in [1.29, 1.82) is 5.26 Å². The number of amides is 2. The van der Waals surface area contributed by atoms with E-state index in [9.17, 15) is 19.2 Å². The van der Waals surface area contributed by atoms with Gasteiger partial charge in [-0.1, -0.05) is 29.3 Å². The first-order valence-corrected chi connectivity index (χ1v) is 11.4. The zero-order chi connectivity index (χ0) is 26.1. The molecule has 36 heavy (non-hydrogen) atoms. The van der Waals surface area contributed by atoms with E-state index in [1.807, 2.05) is 6.07 Å². The van der Waals surface area contributed by atoms with E-state index >= 15 is 0 Å². The number of nitrogens with one attached hydrogen (secondary N) is 2. The summed E-state index contributed by atoms with van der Waals surface area (Å²) in [6.07, 6.45) is 1.35. The molecule has 0 aliphatic rings. The third kappa shape index (κ3) is 7.47. The number of hydrogen-bond donors (Lipinski definition) is 2. The van der Waals surface area contributed by atoms with Gasteiger partial charge in [0.2, 0.25) is 0 Å². The van der Waals surface area contributed by atoms with E-state index in [4.69, 9.17) is 32.7 Å². The zero-order valence-electron chi connectivity index (χ0n) is 19.0. The second kappa shape index (κ2) is 12.6. The lowest BCUT2D eigenvalue weighted by atomic mass is 10.1. The molecule has 7 nitrogen and oxygen atoms in total. The van der Waals surface area contributed by atoms with Gasteiger partial charge in [0.25, 0.3) is 11.8 Å². The number of anilines is 2. The van der Waals surface area contributed by atoms with Crippen LogP contribution in [0, 0.1) is 17.1 Å². The minimum atomic E-state index is -0.633. The summed E-state index contributed by atoms with van der Waals surface area (Å²) >= 11 is 12.3. The van der Waals surface area contributed by atoms with Gasteiger partial charge in [-0.05, 0) is 73.2 Å². The Labute approximate surface area is 217 Å². The molecule has 0 aliphatic heterocycles. The molecular formula is C26H20Cl2FN3O4.